The molecule has 0 bridgehead atoms. The zero-order chi connectivity index (χ0) is 23.9. The molecular formula is C16H15F2N3O4S. The maximum absolute atomic E-state index is 13.1. The van der Waals surface area contributed by atoms with Crippen LogP contribution >= 0.6 is 0 Å². The summed E-state index contributed by atoms with van der Waals surface area (Å²) in [6.45, 7) is -4.17. The zero-order valence-electron chi connectivity index (χ0n) is 19.1. The van der Waals surface area contributed by atoms with Gasteiger partial charge in [0.25, 0.3) is 0 Å². The van der Waals surface area contributed by atoms with Crippen molar-refractivity contribution in [3.63, 3.8) is 0 Å². The lowest BCUT2D eigenvalue weighted by Crippen LogP contribution is -2.04. The second-order valence-electron chi connectivity index (χ2n) is 4.71. The number of fused-ring (bicyclic) bond motifs is 1. The third-order valence-electron chi connectivity index (χ3n) is 3.18. The van der Waals surface area contributed by atoms with E-state index in [1.54, 1.807) is 0 Å². The molecule has 1 atom stereocenters. The molecule has 10 heteroatoms. The molecule has 2 heterocycles. The molecule has 0 fully saturated rings. The Morgan fingerprint density at radius 3 is 3.00 bits per heavy atom. The van der Waals surface area contributed by atoms with Gasteiger partial charge in [-0.25, -0.2) is 4.98 Å². The van der Waals surface area contributed by atoms with Crippen molar-refractivity contribution in [2.75, 3.05) is 14.1 Å². The number of aromatic amines is 1. The average Bonchev–Trinajstić information content (AvgIpc) is 3.08. The van der Waals surface area contributed by atoms with E-state index in [-0.39, 0.29) is 27.7 Å². The third kappa shape index (κ3) is 3.74. The first-order valence-electron chi connectivity index (χ1n) is 9.92. The molecule has 1 aromatic carbocycles. The summed E-state index contributed by atoms with van der Waals surface area (Å²) in [5.41, 5.74) is -3.17. The second kappa shape index (κ2) is 7.65. The van der Waals surface area contributed by atoms with E-state index < -0.39 is 41.6 Å². The van der Waals surface area contributed by atoms with E-state index in [1.165, 1.54) is 19.2 Å². The van der Waals surface area contributed by atoms with Gasteiger partial charge in [-0.2, -0.15) is 8.78 Å². The van der Waals surface area contributed by atoms with E-state index in [4.69, 9.17) is 17.7 Å². The van der Waals surface area contributed by atoms with Gasteiger partial charge in [0, 0.05) is 21.1 Å². The first-order chi connectivity index (χ1) is 14.7. The lowest BCUT2D eigenvalue weighted by Gasteiger charge is -2.10. The average molecular weight is 389 g/mol. The summed E-state index contributed by atoms with van der Waals surface area (Å²) in [6.07, 6.45) is 1.12. The Balaban J connectivity index is 2.02. The molecule has 0 aliphatic rings. The number of imidazole rings is 1. The number of H-pyrrole nitrogens is 1. The van der Waals surface area contributed by atoms with Crippen LogP contribution < -0.4 is 14.2 Å². The van der Waals surface area contributed by atoms with Gasteiger partial charge in [-0.3, -0.25) is 9.19 Å². The Labute approximate surface area is 158 Å². The molecule has 0 saturated heterocycles. The van der Waals surface area contributed by atoms with E-state index in [1.807, 2.05) is 0 Å². The minimum Gasteiger partial charge on any atom is -0.493 e. The Morgan fingerprint density at radius 1 is 1.42 bits per heavy atom. The molecule has 2 aromatic heterocycles. The molecule has 3 aromatic rings. The Kier molecular flexibility index (Phi) is 3.47. The number of aromatic nitrogens is 3. The van der Waals surface area contributed by atoms with Crippen LogP contribution in [0.25, 0.3) is 11.0 Å². The van der Waals surface area contributed by atoms with Gasteiger partial charge in [0.05, 0.1) is 51.5 Å². The number of hydrogen-bond acceptors (Lipinski definition) is 6. The van der Waals surface area contributed by atoms with E-state index in [0.29, 0.717) is 0 Å². The van der Waals surface area contributed by atoms with Gasteiger partial charge in [0.2, 0.25) is 0 Å². The lowest BCUT2D eigenvalue weighted by atomic mass is 10.3. The minimum absolute atomic E-state index is 0.0865. The molecule has 3 rings (SSSR count). The highest BCUT2D eigenvalue weighted by molar-refractivity contribution is 7.84. The van der Waals surface area contributed by atoms with Gasteiger partial charge in [-0.1, -0.05) is 0 Å². The van der Waals surface area contributed by atoms with Crippen molar-refractivity contribution in [3.05, 3.63) is 36.2 Å². The summed E-state index contributed by atoms with van der Waals surface area (Å²) in [7, 11) is -4.36. The van der Waals surface area contributed by atoms with Crippen LogP contribution in [-0.4, -0.2) is 39.9 Å². The van der Waals surface area contributed by atoms with Gasteiger partial charge >= 0.3 is 6.59 Å². The van der Waals surface area contributed by atoms with Crippen LogP contribution in [0.4, 0.5) is 8.78 Å². The van der Waals surface area contributed by atoms with Crippen LogP contribution in [0.1, 0.15) is 13.9 Å². The normalized spacial score (nSPS) is 17.2. The summed E-state index contributed by atoms with van der Waals surface area (Å²) < 4.78 is 97.7. The summed E-state index contributed by atoms with van der Waals surface area (Å²) in [5.74, 6) is -1.07. The molecule has 0 spiro atoms. The number of hydrogen-bond donors (Lipinski definition) is 1. The smallest absolute Gasteiger partial charge is 0.387 e. The molecule has 1 N–H and O–H groups in total. The number of rotatable bonds is 7. The number of benzene rings is 1. The number of methoxy groups -OCH3 is 2. The number of alkyl halides is 2. The zero-order valence-corrected chi connectivity index (χ0v) is 13.9. The number of pyridine rings is 1. The molecule has 0 radical (unpaired) electrons. The predicted molar refractivity (Wildman–Crippen MR) is 90.2 cm³/mol. The van der Waals surface area contributed by atoms with E-state index in [9.17, 15) is 13.0 Å². The van der Waals surface area contributed by atoms with Crippen molar-refractivity contribution in [3.8, 4) is 17.2 Å². The number of nitrogens with zero attached hydrogens (tertiary/aromatic N) is 2. The fourth-order valence-electron chi connectivity index (χ4n) is 2.10. The minimum atomic E-state index is -4.17. The summed E-state index contributed by atoms with van der Waals surface area (Å²) in [4.78, 5) is 10.3. The molecule has 138 valence electrons. The van der Waals surface area contributed by atoms with Crippen molar-refractivity contribution in [1.82, 2.24) is 15.0 Å². The second-order valence-corrected chi connectivity index (χ2v) is 5.84. The predicted octanol–water partition coefficient (Wildman–Crippen LogP) is 2.88. The molecule has 0 saturated carbocycles. The summed E-state index contributed by atoms with van der Waals surface area (Å²) in [6, 6.07) is 4.68. The highest BCUT2D eigenvalue weighted by Crippen LogP contribution is 2.30. The van der Waals surface area contributed by atoms with Gasteiger partial charge in [0.1, 0.15) is 5.75 Å². The fraction of sp³-hybridized carbons (Fsp3) is 0.250. The highest BCUT2D eigenvalue weighted by atomic mass is 32.2. The summed E-state index contributed by atoms with van der Waals surface area (Å²) in [5, 5.41) is -0.385. The van der Waals surface area contributed by atoms with Crippen molar-refractivity contribution >= 4 is 21.8 Å². The molecule has 0 amide bonds. The topological polar surface area (TPSA) is 86.3 Å². The molecular weight excluding hydrogens is 368 g/mol. The molecule has 7 nitrogen and oxygen atoms in total. The van der Waals surface area contributed by atoms with E-state index in [0.717, 1.165) is 18.3 Å². The van der Waals surface area contributed by atoms with Crippen LogP contribution in [0, 0.1) is 0 Å². The van der Waals surface area contributed by atoms with Crippen molar-refractivity contribution < 1.29 is 35.4 Å². The lowest BCUT2D eigenvalue weighted by molar-refractivity contribution is -0.0497. The van der Waals surface area contributed by atoms with Crippen LogP contribution in [0.2, 0.25) is 0 Å². The highest BCUT2D eigenvalue weighted by Gasteiger charge is 2.17. The van der Waals surface area contributed by atoms with E-state index >= 15 is 0 Å². The third-order valence-corrected chi connectivity index (χ3v) is 4.11. The SMILES string of the molecule is [2H]C([2H])([2H])Oc1c(OC)ccnc1C([2H])([2H])S(=O)c1nc2ccc(OC([2H])(F)F)cc2[nH]1. The van der Waals surface area contributed by atoms with Crippen LogP contribution in [-0.2, 0) is 16.5 Å². The number of ether oxygens (including phenoxy) is 3. The van der Waals surface area contributed by atoms with Crippen molar-refractivity contribution in [2.24, 2.45) is 0 Å². The van der Waals surface area contributed by atoms with Crippen LogP contribution in [0.15, 0.2) is 35.6 Å². The quantitative estimate of drug-likeness (QED) is 0.669. The Morgan fingerprint density at radius 2 is 2.27 bits per heavy atom. The molecule has 0 aliphatic heterocycles. The van der Waals surface area contributed by atoms with Gasteiger partial charge in [-0.15, -0.1) is 0 Å². The molecule has 0 aliphatic carbocycles. The Hall–Kier alpha value is -2.75. The molecule has 26 heavy (non-hydrogen) atoms. The van der Waals surface area contributed by atoms with E-state index in [2.05, 4.69) is 19.7 Å². The first kappa shape index (κ1) is 11.8. The monoisotopic (exact) mass is 389 g/mol. The van der Waals surface area contributed by atoms with Crippen molar-refractivity contribution in [2.45, 2.75) is 17.4 Å². The Bertz CT molecular complexity index is 1170. The first-order valence-corrected chi connectivity index (χ1v) is 8.07. The van der Waals surface area contributed by atoms with Crippen LogP contribution in [0.5, 0.6) is 17.2 Å². The molecule has 1 unspecified atom stereocenters. The van der Waals surface area contributed by atoms with Crippen molar-refractivity contribution in [1.29, 1.82) is 0 Å². The maximum atomic E-state index is 13.1. The summed E-state index contributed by atoms with van der Waals surface area (Å²) >= 11 is 0. The fourth-order valence-corrected chi connectivity index (χ4v) is 2.91. The van der Waals surface area contributed by atoms with Gasteiger partial charge < -0.3 is 19.2 Å². The number of nitrogens with one attached hydrogen (secondary N) is 1. The van der Waals surface area contributed by atoms with Crippen LogP contribution in [0.3, 0.4) is 0 Å². The standard InChI is InChI=1S/C16H15F2N3O4S/c1-23-13-5-6-19-12(14(13)24-2)8-26(22)16-20-10-4-3-9(25-15(17)18)7-11(10)21-16/h3-7,15H,8H2,1-2H3,(H,20,21)/i2D3,8D2,15D. The largest absolute Gasteiger partial charge is 0.493 e. The maximum Gasteiger partial charge on any atom is 0.387 e. The van der Waals surface area contributed by atoms with Gasteiger partial charge in [0.15, 0.2) is 18.0 Å². The number of halogens is 2. The van der Waals surface area contributed by atoms with Gasteiger partial charge in [-0.05, 0) is 12.1 Å².